The number of hydrogen-bond donors (Lipinski definition) is 3. The summed E-state index contributed by atoms with van der Waals surface area (Å²) in [5.41, 5.74) is 18.8. The van der Waals surface area contributed by atoms with Crippen LogP contribution in [-0.2, 0) is 0 Å². The van der Waals surface area contributed by atoms with Crippen LogP contribution in [0, 0.1) is 6.92 Å². The molecule has 0 aliphatic heterocycles. The Morgan fingerprint density at radius 1 is 0.938 bits per heavy atom. The molecule has 1 aliphatic carbocycles. The van der Waals surface area contributed by atoms with E-state index in [0.29, 0.717) is 11.9 Å². The van der Waals surface area contributed by atoms with Gasteiger partial charge < -0.3 is 22.4 Å². The number of anilines is 1. The molecule has 2 aromatic carbocycles. The van der Waals surface area contributed by atoms with Crippen LogP contribution < -0.4 is 22.4 Å². The zero-order chi connectivity index (χ0) is 21.4. The molecule has 1 aliphatic rings. The predicted octanol–water partition coefficient (Wildman–Crippen LogP) is 4.76. The van der Waals surface area contributed by atoms with Gasteiger partial charge in [0, 0.05) is 28.9 Å². The van der Waals surface area contributed by atoms with Crippen LogP contribution in [0.5, 0.6) is 5.88 Å². The Bertz CT molecular complexity index is 1210. The van der Waals surface area contributed by atoms with Crippen molar-refractivity contribution in [3.8, 4) is 28.3 Å². The minimum absolute atomic E-state index is 0. The number of nitrogens with two attached hydrogens (primary N) is 2. The molecule has 1 saturated carbocycles. The van der Waals surface area contributed by atoms with Gasteiger partial charge in [-0.3, -0.25) is 0 Å². The molecule has 1 fully saturated rings. The van der Waals surface area contributed by atoms with Crippen LogP contribution in [-0.4, -0.2) is 26.7 Å². The molecule has 7 N–H and O–H groups in total. The molecule has 0 saturated heterocycles. The molecular weight excluding hydrogens is 400 g/mol. The van der Waals surface area contributed by atoms with E-state index >= 15 is 0 Å². The van der Waals surface area contributed by atoms with Gasteiger partial charge in [-0.2, -0.15) is 10.1 Å². The van der Waals surface area contributed by atoms with Crippen molar-refractivity contribution in [1.82, 2.24) is 20.7 Å². The van der Waals surface area contributed by atoms with Gasteiger partial charge in [-0.15, -0.1) is 0 Å². The van der Waals surface area contributed by atoms with Gasteiger partial charge in [0.1, 0.15) is 6.10 Å². The molecular formula is C25H30N6O. The predicted molar refractivity (Wildman–Crippen MR) is 129 cm³/mol. The van der Waals surface area contributed by atoms with E-state index in [1.54, 1.807) is 6.20 Å². The van der Waals surface area contributed by atoms with Crippen LogP contribution in [0.15, 0.2) is 60.8 Å². The summed E-state index contributed by atoms with van der Waals surface area (Å²) in [5, 5.41) is 4.51. The Labute approximate surface area is 188 Å². The Hall–Kier alpha value is -3.42. The fourth-order valence-electron chi connectivity index (χ4n) is 4.36. The Balaban J connectivity index is 0.00000245. The van der Waals surface area contributed by atoms with Crippen molar-refractivity contribution >= 4 is 11.3 Å². The first-order valence-electron chi connectivity index (χ1n) is 10.8. The first-order valence-corrected chi connectivity index (χ1v) is 10.8. The van der Waals surface area contributed by atoms with Gasteiger partial charge in [-0.25, -0.2) is 4.52 Å². The highest BCUT2D eigenvalue weighted by molar-refractivity contribution is 5.73. The monoisotopic (exact) mass is 430 g/mol. The van der Waals surface area contributed by atoms with Crippen molar-refractivity contribution in [2.75, 3.05) is 5.73 Å². The highest BCUT2D eigenvalue weighted by atomic mass is 16.5. The van der Waals surface area contributed by atoms with Gasteiger partial charge >= 0.3 is 0 Å². The summed E-state index contributed by atoms with van der Waals surface area (Å²) in [6, 6.07) is 18.6. The second-order valence-electron chi connectivity index (χ2n) is 8.35. The third-order valence-corrected chi connectivity index (χ3v) is 6.10. The average molecular weight is 431 g/mol. The van der Waals surface area contributed by atoms with Gasteiger partial charge in [0.15, 0.2) is 5.65 Å². The molecule has 0 spiro atoms. The van der Waals surface area contributed by atoms with Gasteiger partial charge in [-0.1, -0.05) is 36.4 Å². The maximum absolute atomic E-state index is 6.36. The molecule has 5 rings (SSSR count). The molecule has 4 aromatic rings. The van der Waals surface area contributed by atoms with Crippen molar-refractivity contribution < 1.29 is 4.74 Å². The molecule has 7 heteroatoms. The van der Waals surface area contributed by atoms with Crippen LogP contribution in [0.2, 0.25) is 0 Å². The number of aromatic nitrogens is 3. The number of nitrogen functional groups attached to an aromatic ring is 1. The van der Waals surface area contributed by atoms with E-state index in [4.69, 9.17) is 21.2 Å². The second-order valence-corrected chi connectivity index (χ2v) is 8.35. The van der Waals surface area contributed by atoms with Crippen molar-refractivity contribution in [1.29, 1.82) is 0 Å². The summed E-state index contributed by atoms with van der Waals surface area (Å²) in [6.45, 7) is 2.05. The fraction of sp³-hybridized carbons (Fsp3) is 0.280. The lowest BCUT2D eigenvalue weighted by molar-refractivity contribution is 0.140. The molecule has 32 heavy (non-hydrogen) atoms. The van der Waals surface area contributed by atoms with Gasteiger partial charge in [0.25, 0.3) is 0 Å². The number of fused-ring (bicyclic) bond motifs is 1. The summed E-state index contributed by atoms with van der Waals surface area (Å²) >= 11 is 0. The number of benzene rings is 2. The normalized spacial score (nSPS) is 18.3. The SMILES string of the molecule is Cc1c(OC2CCC(N)CC2)nc2ccnn2c1-c1ccc(-c2cccc(N)c2)cc1.N. The minimum atomic E-state index is 0. The first kappa shape index (κ1) is 21.8. The maximum Gasteiger partial charge on any atom is 0.220 e. The van der Waals surface area contributed by atoms with Crippen molar-refractivity contribution in [3.05, 3.63) is 66.4 Å². The summed E-state index contributed by atoms with van der Waals surface area (Å²) in [4.78, 5) is 4.74. The standard InChI is InChI=1S/C25H27N5O.H3N/c1-16-24(18-7-5-17(6-8-18)19-3-2-4-21(27)15-19)30-23(13-14-28-30)29-25(16)31-22-11-9-20(26)10-12-22;/h2-8,13-15,20,22H,9-12,26-27H2,1H3;1H3. The second kappa shape index (κ2) is 8.98. The summed E-state index contributed by atoms with van der Waals surface area (Å²) in [7, 11) is 0. The van der Waals surface area contributed by atoms with Crippen LogP contribution >= 0.6 is 0 Å². The van der Waals surface area contributed by atoms with Crippen molar-refractivity contribution in [2.45, 2.75) is 44.8 Å². The largest absolute Gasteiger partial charge is 0.474 e. The lowest BCUT2D eigenvalue weighted by Gasteiger charge is -2.27. The molecule has 0 radical (unpaired) electrons. The molecule has 7 nitrogen and oxygen atoms in total. The molecule has 0 bridgehead atoms. The van der Waals surface area contributed by atoms with Gasteiger partial charge in [-0.05, 0) is 55.9 Å². The van der Waals surface area contributed by atoms with Crippen LogP contribution in [0.1, 0.15) is 31.2 Å². The van der Waals surface area contributed by atoms with Gasteiger partial charge in [0.2, 0.25) is 5.88 Å². The van der Waals surface area contributed by atoms with E-state index in [0.717, 1.165) is 65.0 Å². The summed E-state index contributed by atoms with van der Waals surface area (Å²) in [6.07, 6.45) is 5.87. The summed E-state index contributed by atoms with van der Waals surface area (Å²) in [5.74, 6) is 0.684. The lowest BCUT2D eigenvalue weighted by Crippen LogP contribution is -2.32. The fourth-order valence-corrected chi connectivity index (χ4v) is 4.36. The first-order chi connectivity index (χ1) is 15.1. The van der Waals surface area contributed by atoms with E-state index in [9.17, 15) is 0 Å². The van der Waals surface area contributed by atoms with E-state index in [1.165, 1.54) is 0 Å². The molecule has 0 unspecified atom stereocenters. The molecule has 0 amide bonds. The van der Waals surface area contributed by atoms with Crippen molar-refractivity contribution in [3.63, 3.8) is 0 Å². The smallest absolute Gasteiger partial charge is 0.220 e. The average Bonchev–Trinajstić information content (AvgIpc) is 3.24. The minimum Gasteiger partial charge on any atom is -0.474 e. The number of rotatable bonds is 4. The van der Waals surface area contributed by atoms with E-state index in [2.05, 4.69) is 42.4 Å². The lowest BCUT2D eigenvalue weighted by atomic mass is 9.94. The number of nitrogens with zero attached hydrogens (tertiary/aromatic N) is 3. The number of hydrogen-bond acceptors (Lipinski definition) is 6. The topological polar surface area (TPSA) is 126 Å². The molecule has 2 aromatic heterocycles. The zero-order valence-electron chi connectivity index (χ0n) is 18.4. The zero-order valence-corrected chi connectivity index (χ0v) is 18.4. The molecule has 2 heterocycles. The van der Waals surface area contributed by atoms with Crippen LogP contribution in [0.25, 0.3) is 28.0 Å². The van der Waals surface area contributed by atoms with Gasteiger partial charge in [0.05, 0.1) is 11.9 Å². The number of ether oxygens (including phenoxy) is 1. The highest BCUT2D eigenvalue weighted by Crippen LogP contribution is 2.33. The Kier molecular flexibility index (Phi) is 6.12. The Morgan fingerprint density at radius 3 is 2.38 bits per heavy atom. The highest BCUT2D eigenvalue weighted by Gasteiger charge is 2.23. The van der Waals surface area contributed by atoms with Crippen LogP contribution in [0.3, 0.4) is 0 Å². The quantitative estimate of drug-likeness (QED) is 0.401. The van der Waals surface area contributed by atoms with Crippen molar-refractivity contribution in [2.24, 2.45) is 5.73 Å². The summed E-state index contributed by atoms with van der Waals surface area (Å²) < 4.78 is 8.24. The molecule has 0 atom stereocenters. The maximum atomic E-state index is 6.36. The Morgan fingerprint density at radius 2 is 1.66 bits per heavy atom. The third kappa shape index (κ3) is 4.17. The third-order valence-electron chi connectivity index (χ3n) is 6.10. The van der Waals surface area contributed by atoms with E-state index in [1.807, 2.05) is 28.8 Å². The van der Waals surface area contributed by atoms with E-state index < -0.39 is 0 Å². The molecule has 166 valence electrons. The van der Waals surface area contributed by atoms with E-state index in [-0.39, 0.29) is 12.3 Å². The van der Waals surface area contributed by atoms with Crippen LogP contribution in [0.4, 0.5) is 5.69 Å².